The number of hydrogen-bond donors (Lipinski definition) is 3. The summed E-state index contributed by atoms with van der Waals surface area (Å²) in [5.41, 5.74) is 12.8. The zero-order valence-corrected chi connectivity index (χ0v) is 9.05. The van der Waals surface area contributed by atoms with Gasteiger partial charge in [0.25, 0.3) is 0 Å². The first kappa shape index (κ1) is 11.0. The number of benzene rings is 2. The lowest BCUT2D eigenvalue weighted by molar-refractivity contribution is 0.103. The molecule has 2 aromatic carbocycles. The number of aromatic hydroxyl groups is 1. The van der Waals surface area contributed by atoms with Crippen molar-refractivity contribution in [2.45, 2.75) is 0 Å². The van der Waals surface area contributed by atoms with Crippen molar-refractivity contribution in [3.8, 4) is 5.75 Å². The standard InChI is InChI=1S/C13H12N2O2/c14-10-3-1-2-8(6-10)13(17)9-4-5-12(16)11(15)7-9/h1-7,16H,14-15H2. The van der Waals surface area contributed by atoms with Crippen LogP contribution in [0.25, 0.3) is 0 Å². The van der Waals surface area contributed by atoms with Crippen LogP contribution in [-0.2, 0) is 0 Å². The summed E-state index contributed by atoms with van der Waals surface area (Å²) in [5, 5.41) is 9.28. The van der Waals surface area contributed by atoms with Gasteiger partial charge in [-0.05, 0) is 30.3 Å². The number of carbonyl (C=O) groups is 1. The predicted octanol–water partition coefficient (Wildman–Crippen LogP) is 1.79. The van der Waals surface area contributed by atoms with E-state index >= 15 is 0 Å². The Bertz CT molecular complexity index is 579. The molecule has 0 heterocycles. The van der Waals surface area contributed by atoms with Gasteiger partial charge in [0, 0.05) is 16.8 Å². The highest BCUT2D eigenvalue weighted by Crippen LogP contribution is 2.22. The van der Waals surface area contributed by atoms with E-state index in [1.54, 1.807) is 24.3 Å². The molecule has 0 unspecified atom stereocenters. The van der Waals surface area contributed by atoms with Crippen molar-refractivity contribution < 1.29 is 9.90 Å². The summed E-state index contributed by atoms with van der Waals surface area (Å²) >= 11 is 0. The van der Waals surface area contributed by atoms with Gasteiger partial charge >= 0.3 is 0 Å². The Hall–Kier alpha value is -2.49. The van der Waals surface area contributed by atoms with Gasteiger partial charge in [0.1, 0.15) is 5.75 Å². The van der Waals surface area contributed by atoms with E-state index in [9.17, 15) is 9.90 Å². The van der Waals surface area contributed by atoms with Crippen molar-refractivity contribution in [1.29, 1.82) is 0 Å². The highest BCUT2D eigenvalue weighted by molar-refractivity contribution is 6.09. The fraction of sp³-hybridized carbons (Fsp3) is 0. The highest BCUT2D eigenvalue weighted by Gasteiger charge is 2.10. The van der Waals surface area contributed by atoms with E-state index in [1.807, 2.05) is 0 Å². The molecule has 2 rings (SSSR count). The van der Waals surface area contributed by atoms with E-state index in [0.29, 0.717) is 16.8 Å². The molecule has 0 bridgehead atoms. The van der Waals surface area contributed by atoms with E-state index in [2.05, 4.69) is 0 Å². The molecule has 0 aliphatic rings. The average molecular weight is 228 g/mol. The van der Waals surface area contributed by atoms with Gasteiger partial charge in [-0.15, -0.1) is 0 Å². The fourth-order valence-electron chi connectivity index (χ4n) is 1.54. The van der Waals surface area contributed by atoms with E-state index < -0.39 is 0 Å². The van der Waals surface area contributed by atoms with E-state index in [4.69, 9.17) is 11.5 Å². The predicted molar refractivity (Wildman–Crippen MR) is 66.8 cm³/mol. The minimum absolute atomic E-state index is 0.0332. The summed E-state index contributed by atoms with van der Waals surface area (Å²) in [5.74, 6) is -0.210. The first-order valence-corrected chi connectivity index (χ1v) is 5.06. The second-order valence-corrected chi connectivity index (χ2v) is 3.73. The Balaban J connectivity index is 2.40. The van der Waals surface area contributed by atoms with Gasteiger partial charge in [0.15, 0.2) is 5.78 Å². The van der Waals surface area contributed by atoms with Crippen LogP contribution in [0.5, 0.6) is 5.75 Å². The van der Waals surface area contributed by atoms with Crippen LogP contribution in [0.3, 0.4) is 0 Å². The summed E-state index contributed by atoms with van der Waals surface area (Å²) in [7, 11) is 0. The zero-order chi connectivity index (χ0) is 12.4. The van der Waals surface area contributed by atoms with Crippen molar-refractivity contribution >= 4 is 17.2 Å². The van der Waals surface area contributed by atoms with Gasteiger partial charge in [0.2, 0.25) is 0 Å². The van der Waals surface area contributed by atoms with Crippen LogP contribution in [0.1, 0.15) is 15.9 Å². The summed E-state index contributed by atoms with van der Waals surface area (Å²) < 4.78 is 0. The van der Waals surface area contributed by atoms with Crippen molar-refractivity contribution in [3.05, 3.63) is 53.6 Å². The largest absolute Gasteiger partial charge is 0.506 e. The van der Waals surface area contributed by atoms with Crippen LogP contribution in [0, 0.1) is 0 Å². The number of nitrogen functional groups attached to an aromatic ring is 2. The molecular weight excluding hydrogens is 216 g/mol. The lowest BCUT2D eigenvalue weighted by Crippen LogP contribution is -2.02. The molecule has 0 aliphatic heterocycles. The molecule has 2 aromatic rings. The van der Waals surface area contributed by atoms with Crippen molar-refractivity contribution in [1.82, 2.24) is 0 Å². The summed E-state index contributed by atoms with van der Waals surface area (Å²) in [6.45, 7) is 0. The monoisotopic (exact) mass is 228 g/mol. The van der Waals surface area contributed by atoms with Gasteiger partial charge in [-0.2, -0.15) is 0 Å². The van der Waals surface area contributed by atoms with Crippen molar-refractivity contribution in [2.75, 3.05) is 11.5 Å². The molecule has 4 nitrogen and oxygen atoms in total. The number of phenols is 1. The van der Waals surface area contributed by atoms with Crippen molar-refractivity contribution in [2.24, 2.45) is 0 Å². The Morgan fingerprint density at radius 3 is 2.35 bits per heavy atom. The second-order valence-electron chi connectivity index (χ2n) is 3.73. The van der Waals surface area contributed by atoms with Crippen LogP contribution in [-0.4, -0.2) is 10.9 Å². The third kappa shape index (κ3) is 2.20. The lowest BCUT2D eigenvalue weighted by atomic mass is 10.0. The molecule has 0 saturated heterocycles. The topological polar surface area (TPSA) is 89.3 Å². The highest BCUT2D eigenvalue weighted by atomic mass is 16.3. The quantitative estimate of drug-likeness (QED) is 0.415. The Morgan fingerprint density at radius 2 is 1.71 bits per heavy atom. The molecule has 0 spiro atoms. The van der Waals surface area contributed by atoms with E-state index in [1.165, 1.54) is 18.2 Å². The SMILES string of the molecule is Nc1cccc(C(=O)c2ccc(O)c(N)c2)c1. The Morgan fingerprint density at radius 1 is 1.00 bits per heavy atom. The maximum Gasteiger partial charge on any atom is 0.193 e. The summed E-state index contributed by atoms with van der Waals surface area (Å²) in [6, 6.07) is 11.1. The molecule has 5 N–H and O–H groups in total. The summed E-state index contributed by atoms with van der Waals surface area (Å²) in [6.07, 6.45) is 0. The third-order valence-electron chi connectivity index (χ3n) is 2.44. The molecular formula is C13H12N2O2. The molecule has 0 radical (unpaired) electrons. The number of hydrogen-bond acceptors (Lipinski definition) is 4. The van der Waals surface area contributed by atoms with Gasteiger partial charge in [-0.1, -0.05) is 12.1 Å². The van der Waals surface area contributed by atoms with Gasteiger partial charge in [0.05, 0.1) is 5.69 Å². The number of carbonyl (C=O) groups excluding carboxylic acids is 1. The maximum absolute atomic E-state index is 12.1. The molecule has 4 heteroatoms. The molecule has 0 atom stereocenters. The summed E-state index contributed by atoms with van der Waals surface area (Å²) in [4.78, 5) is 12.1. The number of phenolic OH excluding ortho intramolecular Hbond substituents is 1. The first-order chi connectivity index (χ1) is 8.08. The molecule has 17 heavy (non-hydrogen) atoms. The van der Waals surface area contributed by atoms with Crippen molar-refractivity contribution in [3.63, 3.8) is 0 Å². The van der Waals surface area contributed by atoms with Crippen LogP contribution < -0.4 is 11.5 Å². The zero-order valence-electron chi connectivity index (χ0n) is 9.05. The minimum Gasteiger partial charge on any atom is -0.506 e. The number of rotatable bonds is 2. The van der Waals surface area contributed by atoms with E-state index in [-0.39, 0.29) is 17.2 Å². The van der Waals surface area contributed by atoms with E-state index in [0.717, 1.165) is 0 Å². The van der Waals surface area contributed by atoms with Gasteiger partial charge < -0.3 is 16.6 Å². The molecule has 0 amide bonds. The Labute approximate surface area is 98.5 Å². The average Bonchev–Trinajstić information content (AvgIpc) is 2.32. The normalized spacial score (nSPS) is 10.1. The lowest BCUT2D eigenvalue weighted by Gasteiger charge is -2.04. The first-order valence-electron chi connectivity index (χ1n) is 5.06. The smallest absolute Gasteiger partial charge is 0.193 e. The van der Waals surface area contributed by atoms with Crippen LogP contribution in [0.15, 0.2) is 42.5 Å². The number of ketones is 1. The van der Waals surface area contributed by atoms with Crippen LogP contribution in [0.2, 0.25) is 0 Å². The van der Waals surface area contributed by atoms with Crippen LogP contribution >= 0.6 is 0 Å². The number of anilines is 2. The maximum atomic E-state index is 12.1. The number of nitrogens with two attached hydrogens (primary N) is 2. The second kappa shape index (κ2) is 4.17. The van der Waals surface area contributed by atoms with Crippen LogP contribution in [0.4, 0.5) is 11.4 Å². The molecule has 0 aliphatic carbocycles. The Kier molecular flexibility index (Phi) is 2.70. The molecule has 0 aromatic heterocycles. The van der Waals surface area contributed by atoms with Gasteiger partial charge in [-0.25, -0.2) is 0 Å². The molecule has 0 fully saturated rings. The van der Waals surface area contributed by atoms with Gasteiger partial charge in [-0.3, -0.25) is 4.79 Å². The fourth-order valence-corrected chi connectivity index (χ4v) is 1.54. The minimum atomic E-state index is -0.177. The molecule has 0 saturated carbocycles. The third-order valence-corrected chi connectivity index (χ3v) is 2.44. The molecule has 86 valence electrons.